The molecule has 2 nitrogen and oxygen atoms in total. The first kappa shape index (κ1) is 11.7. The molecule has 0 bridgehead atoms. The second-order valence-corrected chi connectivity index (χ2v) is 3.98. The van der Waals surface area contributed by atoms with E-state index >= 15 is 0 Å². The number of carbonyl (C=O) groups is 1. The van der Waals surface area contributed by atoms with E-state index in [2.05, 4.69) is 4.98 Å². The summed E-state index contributed by atoms with van der Waals surface area (Å²) in [5.41, 5.74) is 2.19. The van der Waals surface area contributed by atoms with Gasteiger partial charge in [0.25, 0.3) is 0 Å². The Labute approximate surface area is 103 Å². The molecule has 0 aliphatic rings. The van der Waals surface area contributed by atoms with Gasteiger partial charge in [-0.1, -0.05) is 23.7 Å². The van der Waals surface area contributed by atoms with Crippen molar-refractivity contribution in [3.8, 4) is 11.1 Å². The first-order valence-electron chi connectivity index (χ1n) is 5.03. The highest BCUT2D eigenvalue weighted by atomic mass is 35.5. The minimum Gasteiger partial charge on any atom is -0.303 e. The Kier molecular flexibility index (Phi) is 3.49. The van der Waals surface area contributed by atoms with Gasteiger partial charge in [-0.2, -0.15) is 0 Å². The molecule has 0 radical (unpaired) electrons. The molecule has 4 heteroatoms. The predicted octanol–water partition coefficient (Wildman–Crippen LogP) is 3.28. The van der Waals surface area contributed by atoms with Gasteiger partial charge < -0.3 is 4.79 Å². The van der Waals surface area contributed by atoms with Crippen LogP contribution in [0, 0.1) is 5.82 Å². The lowest BCUT2D eigenvalue weighted by atomic mass is 10.0. The summed E-state index contributed by atoms with van der Waals surface area (Å²) in [5, 5.41) is 0.499. The van der Waals surface area contributed by atoms with E-state index in [0.717, 1.165) is 23.6 Å². The van der Waals surface area contributed by atoms with Crippen LogP contribution in [0.4, 0.5) is 4.39 Å². The molecule has 1 aromatic carbocycles. The van der Waals surface area contributed by atoms with Crippen LogP contribution in [0.15, 0.2) is 36.7 Å². The molecule has 0 fully saturated rings. The molecule has 0 saturated heterocycles. The predicted molar refractivity (Wildman–Crippen MR) is 64.4 cm³/mol. The van der Waals surface area contributed by atoms with Crippen LogP contribution in [0.3, 0.4) is 0 Å². The van der Waals surface area contributed by atoms with E-state index < -0.39 is 5.82 Å². The second kappa shape index (κ2) is 5.06. The van der Waals surface area contributed by atoms with Crippen molar-refractivity contribution in [3.05, 3.63) is 53.1 Å². The minimum absolute atomic E-state index is 0.278. The summed E-state index contributed by atoms with van der Waals surface area (Å²) in [5.74, 6) is -0.393. The molecule has 0 atom stereocenters. The molecule has 0 saturated carbocycles. The maximum atomic E-state index is 13.0. The Balaban J connectivity index is 2.40. The number of benzene rings is 1. The number of aldehydes is 1. The number of pyridine rings is 1. The number of hydrogen-bond acceptors (Lipinski definition) is 2. The van der Waals surface area contributed by atoms with Crippen LogP contribution < -0.4 is 0 Å². The molecular formula is C13H9ClFNO. The van der Waals surface area contributed by atoms with Crippen LogP contribution in [0.1, 0.15) is 5.56 Å². The summed E-state index contributed by atoms with van der Waals surface area (Å²) < 4.78 is 13.0. The van der Waals surface area contributed by atoms with E-state index in [4.69, 9.17) is 11.6 Å². The Bertz CT molecular complexity index is 557. The summed E-state index contributed by atoms with van der Waals surface area (Å²) in [6.07, 6.45) is 3.78. The number of hydrogen-bond donors (Lipinski definition) is 0. The van der Waals surface area contributed by atoms with E-state index in [0.29, 0.717) is 10.6 Å². The summed E-state index contributed by atoms with van der Waals surface area (Å²) >= 11 is 6.02. The van der Waals surface area contributed by atoms with E-state index in [1.54, 1.807) is 24.4 Å². The SMILES string of the molecule is O=CCc1ccc(-c2cncc(F)c2)cc1Cl. The van der Waals surface area contributed by atoms with Gasteiger partial charge in [0, 0.05) is 23.2 Å². The van der Waals surface area contributed by atoms with Crippen LogP contribution in [0.2, 0.25) is 5.02 Å². The normalized spacial score (nSPS) is 10.2. The van der Waals surface area contributed by atoms with Gasteiger partial charge in [0.2, 0.25) is 0 Å². The lowest BCUT2D eigenvalue weighted by Gasteiger charge is -2.05. The molecule has 0 aliphatic carbocycles. The molecular weight excluding hydrogens is 241 g/mol. The topological polar surface area (TPSA) is 30.0 Å². The zero-order valence-electron chi connectivity index (χ0n) is 8.86. The fourth-order valence-electron chi connectivity index (χ4n) is 1.55. The maximum Gasteiger partial charge on any atom is 0.142 e. The standard InChI is InChI=1S/C13H9ClFNO/c14-13-6-10(2-1-9(13)3-4-17)11-5-12(15)8-16-7-11/h1-2,4-8H,3H2. The fourth-order valence-corrected chi connectivity index (χ4v) is 1.81. The van der Waals surface area contributed by atoms with Crippen molar-refractivity contribution in [1.29, 1.82) is 0 Å². The van der Waals surface area contributed by atoms with Crippen molar-refractivity contribution in [1.82, 2.24) is 4.98 Å². The van der Waals surface area contributed by atoms with Crippen molar-refractivity contribution in [2.24, 2.45) is 0 Å². The molecule has 0 unspecified atom stereocenters. The average molecular weight is 250 g/mol. The third kappa shape index (κ3) is 2.68. The van der Waals surface area contributed by atoms with Crippen LogP contribution in [-0.2, 0) is 11.2 Å². The largest absolute Gasteiger partial charge is 0.303 e. The van der Waals surface area contributed by atoms with Crippen LogP contribution in [0.25, 0.3) is 11.1 Å². The number of carbonyl (C=O) groups excluding carboxylic acids is 1. The third-order valence-electron chi connectivity index (χ3n) is 2.39. The Hall–Kier alpha value is -1.74. The number of nitrogens with zero attached hydrogens (tertiary/aromatic N) is 1. The van der Waals surface area contributed by atoms with E-state index in [9.17, 15) is 9.18 Å². The van der Waals surface area contributed by atoms with Gasteiger partial charge in [0.1, 0.15) is 12.1 Å². The summed E-state index contributed by atoms with van der Waals surface area (Å²) in [7, 11) is 0. The first-order chi connectivity index (χ1) is 8.20. The molecule has 17 heavy (non-hydrogen) atoms. The van der Waals surface area contributed by atoms with Crippen molar-refractivity contribution in [2.75, 3.05) is 0 Å². The van der Waals surface area contributed by atoms with Crippen molar-refractivity contribution in [2.45, 2.75) is 6.42 Å². The molecule has 1 aromatic heterocycles. The first-order valence-corrected chi connectivity index (χ1v) is 5.41. The zero-order chi connectivity index (χ0) is 12.3. The van der Waals surface area contributed by atoms with E-state index in [-0.39, 0.29) is 6.42 Å². The third-order valence-corrected chi connectivity index (χ3v) is 2.75. The molecule has 86 valence electrons. The van der Waals surface area contributed by atoms with E-state index in [1.807, 2.05) is 0 Å². The van der Waals surface area contributed by atoms with Gasteiger partial charge in [-0.05, 0) is 23.3 Å². The number of aromatic nitrogens is 1. The number of halogens is 2. The molecule has 0 spiro atoms. The van der Waals surface area contributed by atoms with Gasteiger partial charge >= 0.3 is 0 Å². The van der Waals surface area contributed by atoms with Crippen LogP contribution in [0.5, 0.6) is 0 Å². The lowest BCUT2D eigenvalue weighted by molar-refractivity contribution is -0.107. The lowest BCUT2D eigenvalue weighted by Crippen LogP contribution is -1.89. The molecule has 1 heterocycles. The highest BCUT2D eigenvalue weighted by molar-refractivity contribution is 6.31. The highest BCUT2D eigenvalue weighted by Gasteiger charge is 2.04. The van der Waals surface area contributed by atoms with E-state index in [1.165, 1.54) is 6.07 Å². The van der Waals surface area contributed by atoms with Crippen molar-refractivity contribution >= 4 is 17.9 Å². The van der Waals surface area contributed by atoms with Crippen molar-refractivity contribution in [3.63, 3.8) is 0 Å². The van der Waals surface area contributed by atoms with Crippen LogP contribution >= 0.6 is 11.6 Å². The Morgan fingerprint density at radius 1 is 1.24 bits per heavy atom. The quantitative estimate of drug-likeness (QED) is 0.782. The molecule has 2 aromatic rings. The smallest absolute Gasteiger partial charge is 0.142 e. The van der Waals surface area contributed by atoms with Gasteiger partial charge in [-0.25, -0.2) is 4.39 Å². The maximum absolute atomic E-state index is 13.0. The molecule has 2 rings (SSSR count). The molecule has 0 aliphatic heterocycles. The second-order valence-electron chi connectivity index (χ2n) is 3.57. The van der Waals surface area contributed by atoms with Crippen LogP contribution in [-0.4, -0.2) is 11.3 Å². The zero-order valence-corrected chi connectivity index (χ0v) is 9.62. The van der Waals surface area contributed by atoms with Gasteiger partial charge in [0.15, 0.2) is 0 Å². The monoisotopic (exact) mass is 249 g/mol. The van der Waals surface area contributed by atoms with Gasteiger partial charge in [-0.15, -0.1) is 0 Å². The highest BCUT2D eigenvalue weighted by Crippen LogP contribution is 2.25. The summed E-state index contributed by atoms with van der Waals surface area (Å²) in [6.45, 7) is 0. The minimum atomic E-state index is -0.393. The van der Waals surface area contributed by atoms with Gasteiger partial charge in [0.05, 0.1) is 6.20 Å². The van der Waals surface area contributed by atoms with Crippen molar-refractivity contribution < 1.29 is 9.18 Å². The fraction of sp³-hybridized carbons (Fsp3) is 0.0769. The average Bonchev–Trinajstić information content (AvgIpc) is 2.32. The Morgan fingerprint density at radius 3 is 2.71 bits per heavy atom. The summed E-state index contributed by atoms with van der Waals surface area (Å²) in [6, 6.07) is 6.65. The molecule has 0 amide bonds. The Morgan fingerprint density at radius 2 is 2.06 bits per heavy atom. The van der Waals surface area contributed by atoms with Gasteiger partial charge in [-0.3, -0.25) is 4.98 Å². The molecule has 0 N–H and O–H groups in total. The number of rotatable bonds is 3. The summed E-state index contributed by atoms with van der Waals surface area (Å²) in [4.78, 5) is 14.2.